The quantitative estimate of drug-likeness (QED) is 0.785. The molecule has 118 valence electrons. The van der Waals surface area contributed by atoms with Gasteiger partial charge in [0.1, 0.15) is 11.1 Å². The molecule has 0 radical (unpaired) electrons. The summed E-state index contributed by atoms with van der Waals surface area (Å²) in [7, 11) is 0. The number of nitriles is 1. The SMILES string of the molecule is CC1CCc2sc(NC(=O)c3ccc(Cl)cc3Cl)c(C#N)c2C1. The molecule has 1 aromatic carbocycles. The van der Waals surface area contributed by atoms with E-state index in [0.717, 1.165) is 24.8 Å². The van der Waals surface area contributed by atoms with Crippen LogP contribution in [0.2, 0.25) is 10.0 Å². The number of carbonyl (C=O) groups excluding carboxylic acids is 1. The zero-order chi connectivity index (χ0) is 16.6. The smallest absolute Gasteiger partial charge is 0.257 e. The van der Waals surface area contributed by atoms with E-state index in [-0.39, 0.29) is 5.91 Å². The highest BCUT2D eigenvalue weighted by molar-refractivity contribution is 7.16. The molecule has 0 saturated heterocycles. The number of nitrogens with one attached hydrogen (secondary N) is 1. The molecule has 1 atom stereocenters. The first kappa shape index (κ1) is 16.3. The van der Waals surface area contributed by atoms with Crippen molar-refractivity contribution in [3.05, 3.63) is 49.8 Å². The number of fused-ring (bicyclic) bond motifs is 1. The summed E-state index contributed by atoms with van der Waals surface area (Å²) in [6, 6.07) is 6.98. The van der Waals surface area contributed by atoms with Crippen LogP contribution in [-0.4, -0.2) is 5.91 Å². The zero-order valence-corrected chi connectivity index (χ0v) is 14.8. The second kappa shape index (κ2) is 6.52. The lowest BCUT2D eigenvalue weighted by molar-refractivity contribution is 0.102. The first-order chi connectivity index (χ1) is 11.0. The van der Waals surface area contributed by atoms with Gasteiger partial charge in [-0.3, -0.25) is 4.79 Å². The molecule has 23 heavy (non-hydrogen) atoms. The van der Waals surface area contributed by atoms with Crippen LogP contribution in [0.5, 0.6) is 0 Å². The van der Waals surface area contributed by atoms with Crippen molar-refractivity contribution >= 4 is 45.4 Å². The third-order valence-electron chi connectivity index (χ3n) is 4.02. The lowest BCUT2D eigenvalue weighted by atomic mass is 9.88. The van der Waals surface area contributed by atoms with Gasteiger partial charge in [-0.15, -0.1) is 11.3 Å². The second-order valence-electron chi connectivity index (χ2n) is 5.75. The Morgan fingerprint density at radius 2 is 2.22 bits per heavy atom. The minimum Gasteiger partial charge on any atom is -0.312 e. The lowest BCUT2D eigenvalue weighted by Crippen LogP contribution is -2.13. The molecule has 0 saturated carbocycles. The number of hydrogen-bond acceptors (Lipinski definition) is 3. The number of hydrogen-bond donors (Lipinski definition) is 1. The van der Waals surface area contributed by atoms with E-state index in [4.69, 9.17) is 23.2 Å². The van der Waals surface area contributed by atoms with Gasteiger partial charge in [0.2, 0.25) is 0 Å². The van der Waals surface area contributed by atoms with Crippen LogP contribution in [0.15, 0.2) is 18.2 Å². The number of halogens is 2. The van der Waals surface area contributed by atoms with Gasteiger partial charge >= 0.3 is 0 Å². The Balaban J connectivity index is 1.91. The predicted molar refractivity (Wildman–Crippen MR) is 94.6 cm³/mol. The van der Waals surface area contributed by atoms with Gasteiger partial charge in [0.05, 0.1) is 16.1 Å². The fraction of sp³-hybridized carbons (Fsp3) is 0.294. The van der Waals surface area contributed by atoms with Crippen LogP contribution in [0, 0.1) is 17.2 Å². The normalized spacial score (nSPS) is 16.5. The molecule has 2 aromatic rings. The van der Waals surface area contributed by atoms with Crippen LogP contribution in [-0.2, 0) is 12.8 Å². The molecule has 0 bridgehead atoms. The third kappa shape index (κ3) is 3.23. The van der Waals surface area contributed by atoms with E-state index in [1.165, 1.54) is 22.3 Å². The number of nitrogens with zero attached hydrogens (tertiary/aromatic N) is 1. The Kier molecular flexibility index (Phi) is 4.63. The second-order valence-corrected chi connectivity index (χ2v) is 7.69. The van der Waals surface area contributed by atoms with Crippen LogP contribution in [0.1, 0.15) is 39.7 Å². The topological polar surface area (TPSA) is 52.9 Å². The van der Waals surface area contributed by atoms with Crippen molar-refractivity contribution in [2.45, 2.75) is 26.2 Å². The molecule has 1 aliphatic carbocycles. The van der Waals surface area contributed by atoms with Crippen molar-refractivity contribution < 1.29 is 4.79 Å². The number of aryl methyl sites for hydroxylation is 1. The van der Waals surface area contributed by atoms with E-state index < -0.39 is 0 Å². The fourth-order valence-electron chi connectivity index (χ4n) is 2.81. The maximum absolute atomic E-state index is 12.5. The van der Waals surface area contributed by atoms with Gasteiger partial charge in [-0.05, 0) is 48.9 Å². The third-order valence-corrected chi connectivity index (χ3v) is 5.78. The summed E-state index contributed by atoms with van der Waals surface area (Å²) in [5, 5.41) is 13.7. The van der Waals surface area contributed by atoms with Crippen molar-refractivity contribution in [3.63, 3.8) is 0 Å². The maximum Gasteiger partial charge on any atom is 0.257 e. The van der Waals surface area contributed by atoms with Crippen molar-refractivity contribution in [1.29, 1.82) is 5.26 Å². The number of amides is 1. The summed E-state index contributed by atoms with van der Waals surface area (Å²) in [6.07, 6.45) is 2.98. The molecule has 1 amide bonds. The average molecular weight is 365 g/mol. The highest BCUT2D eigenvalue weighted by Crippen LogP contribution is 2.39. The minimum absolute atomic E-state index is 0.295. The van der Waals surface area contributed by atoms with E-state index >= 15 is 0 Å². The number of thiophene rings is 1. The standard InChI is InChI=1S/C17H14Cl2N2OS/c1-9-2-5-15-12(6-9)13(8-20)17(23-15)21-16(22)11-4-3-10(18)7-14(11)19/h3-4,7,9H,2,5-6H2,1H3,(H,21,22). The Labute approximate surface area is 148 Å². The van der Waals surface area contributed by atoms with Crippen LogP contribution in [0.3, 0.4) is 0 Å². The Morgan fingerprint density at radius 3 is 2.91 bits per heavy atom. The first-order valence-electron chi connectivity index (χ1n) is 7.30. The molecule has 6 heteroatoms. The zero-order valence-electron chi connectivity index (χ0n) is 12.5. The van der Waals surface area contributed by atoms with Gasteiger partial charge in [-0.1, -0.05) is 30.1 Å². The number of carbonyl (C=O) groups is 1. The number of rotatable bonds is 2. The molecule has 0 spiro atoms. The molecule has 3 nitrogen and oxygen atoms in total. The maximum atomic E-state index is 12.5. The molecule has 3 rings (SSSR count). The van der Waals surface area contributed by atoms with Crippen molar-refractivity contribution in [3.8, 4) is 6.07 Å². The van der Waals surface area contributed by atoms with Gasteiger partial charge in [-0.2, -0.15) is 5.26 Å². The molecule has 1 aromatic heterocycles. The summed E-state index contributed by atoms with van der Waals surface area (Å²) in [5.41, 5.74) is 2.03. The summed E-state index contributed by atoms with van der Waals surface area (Å²) in [5.74, 6) is 0.244. The van der Waals surface area contributed by atoms with Gasteiger partial charge in [0.25, 0.3) is 5.91 Å². The fourth-order valence-corrected chi connectivity index (χ4v) is 4.49. The Hall–Kier alpha value is -1.54. The summed E-state index contributed by atoms with van der Waals surface area (Å²) < 4.78 is 0. The largest absolute Gasteiger partial charge is 0.312 e. The van der Waals surface area contributed by atoms with Crippen molar-refractivity contribution in [2.24, 2.45) is 5.92 Å². The van der Waals surface area contributed by atoms with Crippen LogP contribution >= 0.6 is 34.5 Å². The highest BCUT2D eigenvalue weighted by Gasteiger charge is 2.25. The van der Waals surface area contributed by atoms with Crippen molar-refractivity contribution in [1.82, 2.24) is 0 Å². The van der Waals surface area contributed by atoms with E-state index in [9.17, 15) is 10.1 Å². The molecule has 1 unspecified atom stereocenters. The van der Waals surface area contributed by atoms with E-state index in [0.29, 0.717) is 32.1 Å². The molecule has 1 heterocycles. The Morgan fingerprint density at radius 1 is 1.43 bits per heavy atom. The Bertz CT molecular complexity index is 823. The minimum atomic E-state index is -0.324. The van der Waals surface area contributed by atoms with Gasteiger partial charge < -0.3 is 5.32 Å². The average Bonchev–Trinajstić information content (AvgIpc) is 2.83. The summed E-state index contributed by atoms with van der Waals surface area (Å²) in [4.78, 5) is 13.7. The first-order valence-corrected chi connectivity index (χ1v) is 8.88. The molecule has 1 aliphatic rings. The lowest BCUT2D eigenvalue weighted by Gasteiger charge is -2.17. The summed E-state index contributed by atoms with van der Waals surface area (Å²) >= 11 is 13.4. The van der Waals surface area contributed by atoms with E-state index in [2.05, 4.69) is 18.3 Å². The summed E-state index contributed by atoms with van der Waals surface area (Å²) in [6.45, 7) is 2.19. The van der Waals surface area contributed by atoms with Gasteiger partial charge in [-0.25, -0.2) is 0 Å². The van der Waals surface area contributed by atoms with Gasteiger partial charge in [0, 0.05) is 9.90 Å². The predicted octanol–water partition coefficient (Wildman–Crippen LogP) is 5.30. The van der Waals surface area contributed by atoms with Crippen molar-refractivity contribution in [2.75, 3.05) is 5.32 Å². The van der Waals surface area contributed by atoms with E-state index in [1.807, 2.05) is 0 Å². The van der Waals surface area contributed by atoms with Crippen LogP contribution < -0.4 is 5.32 Å². The van der Waals surface area contributed by atoms with Crippen LogP contribution in [0.4, 0.5) is 5.00 Å². The molecular formula is C17H14Cl2N2OS. The highest BCUT2D eigenvalue weighted by atomic mass is 35.5. The molecule has 0 aliphatic heterocycles. The van der Waals surface area contributed by atoms with Crippen LogP contribution in [0.25, 0.3) is 0 Å². The number of anilines is 1. The van der Waals surface area contributed by atoms with E-state index in [1.54, 1.807) is 12.1 Å². The molecule has 1 N–H and O–H groups in total. The molecular weight excluding hydrogens is 351 g/mol. The monoisotopic (exact) mass is 364 g/mol. The van der Waals surface area contributed by atoms with Gasteiger partial charge in [0.15, 0.2) is 0 Å². The number of benzene rings is 1. The molecule has 0 fully saturated rings.